The molecule has 0 aromatic heterocycles. The fourth-order valence-corrected chi connectivity index (χ4v) is 1.19. The van der Waals surface area contributed by atoms with E-state index in [4.69, 9.17) is 4.55 Å². The molecule has 1 N–H and O–H groups in total. The summed E-state index contributed by atoms with van der Waals surface area (Å²) in [5, 5.41) is 0. The van der Waals surface area contributed by atoms with E-state index in [0.29, 0.717) is 12.8 Å². The van der Waals surface area contributed by atoms with Crippen molar-refractivity contribution in [3.8, 4) is 0 Å². The Balaban J connectivity index is 0. The van der Waals surface area contributed by atoms with E-state index in [0.717, 1.165) is 0 Å². The average molecular weight is 249 g/mol. The second kappa shape index (κ2) is 9.26. The largest absolute Gasteiger partial charge is 0.466 e. The zero-order valence-electron chi connectivity index (χ0n) is 8.52. The number of hydrogen-bond donors (Lipinski definition) is 1. The molecule has 7 heteroatoms. The molecule has 0 saturated heterocycles. The summed E-state index contributed by atoms with van der Waals surface area (Å²) in [4.78, 5) is 10.7. The van der Waals surface area contributed by atoms with Crippen LogP contribution in [0.4, 0.5) is 0 Å². The van der Waals surface area contributed by atoms with Gasteiger partial charge in [0.2, 0.25) is 0 Å². The van der Waals surface area contributed by atoms with Gasteiger partial charge < -0.3 is 4.74 Å². The number of ether oxygens (including phenoxy) is 1. The van der Waals surface area contributed by atoms with E-state index in [2.05, 4.69) is 4.74 Å². The maximum absolute atomic E-state index is 10.7. The number of carbonyl (C=O) groups excluding carboxylic acids is 1. The second-order valence-corrected chi connectivity index (χ2v) is 4.18. The molecule has 0 fully saturated rings. The molecule has 14 heavy (non-hydrogen) atoms. The third kappa shape index (κ3) is 13.0. The van der Waals surface area contributed by atoms with Crippen molar-refractivity contribution in [2.24, 2.45) is 0 Å². The van der Waals surface area contributed by atoms with Crippen molar-refractivity contribution >= 4 is 67.5 Å². The van der Waals surface area contributed by atoms with Crippen molar-refractivity contribution in [2.45, 2.75) is 26.2 Å². The van der Waals surface area contributed by atoms with Crippen molar-refractivity contribution in [3.05, 3.63) is 0 Å². The Morgan fingerprint density at radius 1 is 1.43 bits per heavy atom. The Labute approximate surface area is 127 Å². The van der Waals surface area contributed by atoms with E-state index in [1.165, 1.54) is 0 Å². The van der Waals surface area contributed by atoms with Crippen molar-refractivity contribution in [3.63, 3.8) is 0 Å². The summed E-state index contributed by atoms with van der Waals surface area (Å²) >= 11 is 0. The van der Waals surface area contributed by atoms with E-state index in [9.17, 15) is 13.2 Å². The molecule has 0 atom stereocenters. The van der Waals surface area contributed by atoms with Crippen LogP contribution in [0.2, 0.25) is 0 Å². The number of hydrogen-bond acceptors (Lipinski definition) is 4. The summed E-state index contributed by atoms with van der Waals surface area (Å²) in [5.41, 5.74) is 0. The van der Waals surface area contributed by atoms with Crippen LogP contribution >= 0.6 is 0 Å². The van der Waals surface area contributed by atoms with Gasteiger partial charge >= 0.3 is 5.97 Å². The summed E-state index contributed by atoms with van der Waals surface area (Å²) in [7, 11) is -3.93. The van der Waals surface area contributed by atoms with E-state index in [1.807, 2.05) is 6.92 Å². The summed E-state index contributed by atoms with van der Waals surface area (Å²) in [6.07, 6.45) is 1.18. The third-order valence-electron chi connectivity index (χ3n) is 1.26. The summed E-state index contributed by atoms with van der Waals surface area (Å²) in [6, 6.07) is 0. The van der Waals surface area contributed by atoms with Gasteiger partial charge in [0, 0.05) is 57.8 Å². The minimum absolute atomic E-state index is 0. The Hall–Kier alpha value is 1.02. The summed E-state index contributed by atoms with van der Waals surface area (Å²) in [5.74, 6) is -0.704. The maximum Gasteiger partial charge on any atom is 0.305 e. The SMILES string of the molecule is CCCC(=O)OCCCS(=O)(=O)O.[K]. The Bertz CT molecular complexity index is 249. The Morgan fingerprint density at radius 2 is 2.00 bits per heavy atom. The average Bonchev–Trinajstić information content (AvgIpc) is 1.97. The first kappa shape index (κ1) is 17.4. The Kier molecular flexibility index (Phi) is 11.5. The molecule has 0 aromatic carbocycles. The van der Waals surface area contributed by atoms with Crippen LogP contribution < -0.4 is 0 Å². The van der Waals surface area contributed by atoms with Crippen LogP contribution in [0.25, 0.3) is 0 Å². The quantitative estimate of drug-likeness (QED) is 0.315. The third-order valence-corrected chi connectivity index (χ3v) is 2.07. The van der Waals surface area contributed by atoms with E-state index in [1.54, 1.807) is 0 Å². The monoisotopic (exact) mass is 249 g/mol. The topological polar surface area (TPSA) is 80.7 Å². The molecule has 5 nitrogen and oxygen atoms in total. The molecule has 0 aliphatic rings. The molecule has 0 aromatic rings. The summed E-state index contributed by atoms with van der Waals surface area (Å²) < 4.78 is 33.4. The predicted molar refractivity (Wildman–Crippen MR) is 52.7 cm³/mol. The molecule has 79 valence electrons. The standard InChI is InChI=1S/C7H14O5S.K/c1-2-4-7(8)12-5-3-6-13(9,10)11;/h2-6H2,1H3,(H,9,10,11);. The normalized spacial score (nSPS) is 10.4. The zero-order chi connectivity index (χ0) is 10.3. The fourth-order valence-electron chi connectivity index (χ4n) is 0.704. The van der Waals surface area contributed by atoms with Crippen LogP contribution in [0.15, 0.2) is 0 Å². The van der Waals surface area contributed by atoms with Gasteiger partial charge in [-0.05, 0) is 12.8 Å². The van der Waals surface area contributed by atoms with Crippen LogP contribution in [0, 0.1) is 0 Å². The van der Waals surface area contributed by atoms with Gasteiger partial charge in [-0.25, -0.2) is 0 Å². The molecule has 0 aliphatic heterocycles. The molecule has 1 radical (unpaired) electrons. The van der Waals surface area contributed by atoms with Gasteiger partial charge in [-0.1, -0.05) is 6.92 Å². The zero-order valence-corrected chi connectivity index (χ0v) is 12.5. The minimum Gasteiger partial charge on any atom is -0.466 e. The van der Waals surface area contributed by atoms with Crippen LogP contribution in [-0.4, -0.2) is 82.7 Å². The van der Waals surface area contributed by atoms with Crippen molar-refractivity contribution in [1.29, 1.82) is 0 Å². The number of rotatable bonds is 6. The summed E-state index contributed by atoms with van der Waals surface area (Å²) in [6.45, 7) is 1.89. The molecule has 0 heterocycles. The first-order chi connectivity index (χ1) is 5.95. The number of carbonyl (C=O) groups is 1. The van der Waals surface area contributed by atoms with Gasteiger partial charge in [-0.15, -0.1) is 0 Å². The van der Waals surface area contributed by atoms with Gasteiger partial charge in [0.15, 0.2) is 0 Å². The van der Waals surface area contributed by atoms with Gasteiger partial charge in [-0.3, -0.25) is 9.35 Å². The maximum atomic E-state index is 10.7. The minimum atomic E-state index is -3.93. The smallest absolute Gasteiger partial charge is 0.305 e. The van der Waals surface area contributed by atoms with Crippen molar-refractivity contribution in [1.82, 2.24) is 0 Å². The predicted octanol–water partition coefficient (Wildman–Crippen LogP) is 0.227. The molecule has 0 rings (SSSR count). The molecule has 0 unspecified atom stereocenters. The van der Waals surface area contributed by atoms with Crippen molar-refractivity contribution in [2.75, 3.05) is 12.4 Å². The second-order valence-electron chi connectivity index (χ2n) is 2.61. The van der Waals surface area contributed by atoms with Gasteiger partial charge in [0.25, 0.3) is 10.1 Å². The van der Waals surface area contributed by atoms with Crippen LogP contribution in [-0.2, 0) is 19.6 Å². The Morgan fingerprint density at radius 3 is 2.43 bits per heavy atom. The van der Waals surface area contributed by atoms with Crippen LogP contribution in [0.5, 0.6) is 0 Å². The molecule has 0 spiro atoms. The van der Waals surface area contributed by atoms with Crippen LogP contribution in [0.3, 0.4) is 0 Å². The molecule has 0 bridgehead atoms. The van der Waals surface area contributed by atoms with Gasteiger partial charge in [0.05, 0.1) is 12.4 Å². The van der Waals surface area contributed by atoms with E-state index < -0.39 is 10.1 Å². The van der Waals surface area contributed by atoms with E-state index in [-0.39, 0.29) is 76.1 Å². The first-order valence-corrected chi connectivity index (χ1v) is 5.67. The molecular weight excluding hydrogens is 235 g/mol. The van der Waals surface area contributed by atoms with Gasteiger partial charge in [0.1, 0.15) is 0 Å². The van der Waals surface area contributed by atoms with Crippen LogP contribution in [0.1, 0.15) is 26.2 Å². The molecule has 0 amide bonds. The van der Waals surface area contributed by atoms with E-state index >= 15 is 0 Å². The number of esters is 1. The molecular formula is C7H14KO5S. The van der Waals surface area contributed by atoms with Gasteiger partial charge in [-0.2, -0.15) is 8.42 Å². The molecule has 0 saturated carbocycles. The van der Waals surface area contributed by atoms with Crippen molar-refractivity contribution < 1.29 is 22.5 Å². The fraction of sp³-hybridized carbons (Fsp3) is 0.857. The molecule has 0 aliphatic carbocycles. The first-order valence-electron chi connectivity index (χ1n) is 4.06.